The monoisotopic (exact) mass is 307 g/mol. The molecular formula is C15H25N5O2. The van der Waals surface area contributed by atoms with E-state index in [1.165, 1.54) is 0 Å². The van der Waals surface area contributed by atoms with Crippen LogP contribution in [-0.4, -0.2) is 64.1 Å². The molecule has 1 aromatic rings. The van der Waals surface area contributed by atoms with Gasteiger partial charge in [-0.05, 0) is 25.7 Å². The van der Waals surface area contributed by atoms with E-state index < -0.39 is 0 Å². The molecule has 3 heterocycles. The maximum absolute atomic E-state index is 12.4. The summed E-state index contributed by atoms with van der Waals surface area (Å²) in [6.45, 7) is 2.62. The van der Waals surface area contributed by atoms with Crippen molar-refractivity contribution in [3.8, 4) is 0 Å². The average Bonchev–Trinajstić information content (AvgIpc) is 3.16. The van der Waals surface area contributed by atoms with Crippen molar-refractivity contribution >= 4 is 11.7 Å². The van der Waals surface area contributed by atoms with Crippen molar-refractivity contribution < 1.29 is 9.90 Å². The van der Waals surface area contributed by atoms with Crippen LogP contribution in [0.2, 0.25) is 0 Å². The second-order valence-corrected chi connectivity index (χ2v) is 6.28. The number of likely N-dealkylation sites (tertiary alicyclic amines) is 1. The van der Waals surface area contributed by atoms with Gasteiger partial charge in [0, 0.05) is 38.9 Å². The predicted molar refractivity (Wildman–Crippen MR) is 83.8 cm³/mol. The fourth-order valence-electron chi connectivity index (χ4n) is 3.45. The highest BCUT2D eigenvalue weighted by molar-refractivity contribution is 5.75. The number of aliphatic hydroxyl groups excluding tert-OH is 1. The molecule has 2 saturated heterocycles. The smallest absolute Gasteiger partial charge is 0.318 e. The van der Waals surface area contributed by atoms with Gasteiger partial charge in [0.15, 0.2) is 0 Å². The van der Waals surface area contributed by atoms with Crippen LogP contribution in [0.3, 0.4) is 0 Å². The van der Waals surface area contributed by atoms with Crippen LogP contribution in [0.15, 0.2) is 12.4 Å². The fraction of sp³-hybridized carbons (Fsp3) is 0.733. The van der Waals surface area contributed by atoms with Gasteiger partial charge in [-0.1, -0.05) is 0 Å². The molecule has 2 aliphatic rings. The summed E-state index contributed by atoms with van der Waals surface area (Å²) in [5, 5.41) is 16.7. The molecule has 2 atom stereocenters. The van der Waals surface area contributed by atoms with Crippen molar-refractivity contribution in [2.75, 3.05) is 31.1 Å². The van der Waals surface area contributed by atoms with Gasteiger partial charge in [0.1, 0.15) is 0 Å². The molecule has 122 valence electrons. The number of amides is 2. The number of hydrogen-bond acceptors (Lipinski definition) is 4. The first-order chi connectivity index (χ1) is 10.7. The molecule has 0 saturated carbocycles. The van der Waals surface area contributed by atoms with Crippen molar-refractivity contribution in [3.05, 3.63) is 12.4 Å². The summed E-state index contributed by atoms with van der Waals surface area (Å²) in [7, 11) is 1.91. The first-order valence-electron chi connectivity index (χ1n) is 8.09. The molecule has 22 heavy (non-hydrogen) atoms. The minimum absolute atomic E-state index is 0.0157. The van der Waals surface area contributed by atoms with Gasteiger partial charge in [0.25, 0.3) is 0 Å². The van der Waals surface area contributed by atoms with Crippen LogP contribution in [0, 0.1) is 0 Å². The Balaban J connectivity index is 1.57. The van der Waals surface area contributed by atoms with E-state index in [-0.39, 0.29) is 24.7 Å². The second-order valence-electron chi connectivity index (χ2n) is 6.28. The van der Waals surface area contributed by atoms with Crippen LogP contribution in [0.25, 0.3) is 0 Å². The van der Waals surface area contributed by atoms with E-state index in [0.717, 1.165) is 51.0 Å². The summed E-state index contributed by atoms with van der Waals surface area (Å²) >= 11 is 0. The van der Waals surface area contributed by atoms with E-state index in [0.29, 0.717) is 0 Å². The third-order valence-electron chi connectivity index (χ3n) is 4.65. The summed E-state index contributed by atoms with van der Waals surface area (Å²) in [6.07, 6.45) is 7.81. The Morgan fingerprint density at radius 2 is 2.23 bits per heavy atom. The topological polar surface area (TPSA) is 73.6 Å². The van der Waals surface area contributed by atoms with Crippen molar-refractivity contribution in [2.45, 2.75) is 37.8 Å². The lowest BCUT2D eigenvalue weighted by atomic mass is 10.1. The molecule has 2 N–H and O–H groups in total. The van der Waals surface area contributed by atoms with E-state index in [1.54, 1.807) is 9.58 Å². The molecule has 7 nitrogen and oxygen atoms in total. The average molecular weight is 307 g/mol. The van der Waals surface area contributed by atoms with E-state index in [2.05, 4.69) is 15.3 Å². The van der Waals surface area contributed by atoms with Gasteiger partial charge in [-0.15, -0.1) is 0 Å². The summed E-state index contributed by atoms with van der Waals surface area (Å²) in [4.78, 5) is 16.5. The Morgan fingerprint density at radius 3 is 2.95 bits per heavy atom. The lowest BCUT2D eigenvalue weighted by molar-refractivity contribution is 0.153. The zero-order valence-electron chi connectivity index (χ0n) is 13.1. The van der Waals surface area contributed by atoms with E-state index in [1.807, 2.05) is 19.4 Å². The highest BCUT2D eigenvalue weighted by Crippen LogP contribution is 2.20. The van der Waals surface area contributed by atoms with Gasteiger partial charge >= 0.3 is 6.03 Å². The number of hydrogen-bond donors (Lipinski definition) is 2. The maximum Gasteiger partial charge on any atom is 0.318 e. The number of aliphatic hydroxyl groups is 1. The number of carbonyl (C=O) groups excluding carboxylic acids is 1. The second kappa shape index (κ2) is 6.56. The molecule has 0 radical (unpaired) electrons. The largest absolute Gasteiger partial charge is 0.394 e. The van der Waals surface area contributed by atoms with Gasteiger partial charge in [-0.2, -0.15) is 5.10 Å². The normalized spacial score (nSPS) is 25.5. The summed E-state index contributed by atoms with van der Waals surface area (Å²) in [5.41, 5.74) is 1.11. The van der Waals surface area contributed by atoms with Gasteiger partial charge in [-0.25, -0.2) is 4.79 Å². The minimum Gasteiger partial charge on any atom is -0.394 e. The van der Waals surface area contributed by atoms with E-state index >= 15 is 0 Å². The lowest BCUT2D eigenvalue weighted by Gasteiger charge is -2.35. The summed E-state index contributed by atoms with van der Waals surface area (Å²) in [5.74, 6) is 0. The molecule has 2 fully saturated rings. The fourth-order valence-corrected chi connectivity index (χ4v) is 3.45. The molecule has 0 bridgehead atoms. The zero-order chi connectivity index (χ0) is 15.5. The molecule has 0 aliphatic carbocycles. The molecule has 0 aromatic carbocycles. The van der Waals surface area contributed by atoms with Crippen molar-refractivity contribution in [1.82, 2.24) is 20.0 Å². The Morgan fingerprint density at radius 1 is 1.41 bits per heavy atom. The number of aryl methyl sites for hydroxylation is 1. The van der Waals surface area contributed by atoms with Gasteiger partial charge in [0.2, 0.25) is 0 Å². The van der Waals surface area contributed by atoms with Gasteiger partial charge < -0.3 is 20.2 Å². The quantitative estimate of drug-likeness (QED) is 0.855. The number of rotatable bonds is 3. The van der Waals surface area contributed by atoms with Crippen LogP contribution >= 0.6 is 0 Å². The molecule has 2 aliphatic heterocycles. The van der Waals surface area contributed by atoms with E-state index in [4.69, 9.17) is 0 Å². The minimum atomic E-state index is -0.0328. The predicted octanol–water partition coefficient (Wildman–Crippen LogP) is 0.555. The molecule has 1 aromatic heterocycles. The van der Waals surface area contributed by atoms with Crippen LogP contribution in [0.4, 0.5) is 10.5 Å². The third kappa shape index (κ3) is 3.19. The zero-order valence-corrected chi connectivity index (χ0v) is 13.1. The van der Waals surface area contributed by atoms with Crippen molar-refractivity contribution in [2.24, 2.45) is 7.05 Å². The Labute approximate surface area is 130 Å². The Bertz CT molecular complexity index is 518. The third-order valence-corrected chi connectivity index (χ3v) is 4.65. The van der Waals surface area contributed by atoms with Crippen LogP contribution in [0.1, 0.15) is 25.7 Å². The number of piperidine rings is 1. The number of carbonyl (C=O) groups is 1. The molecule has 0 spiro atoms. The van der Waals surface area contributed by atoms with Crippen LogP contribution < -0.4 is 10.2 Å². The summed E-state index contributed by atoms with van der Waals surface area (Å²) < 4.78 is 1.80. The molecular weight excluding hydrogens is 282 g/mol. The molecule has 2 amide bonds. The first-order valence-corrected chi connectivity index (χ1v) is 8.09. The number of nitrogens with one attached hydrogen (secondary N) is 1. The number of anilines is 1. The summed E-state index contributed by atoms with van der Waals surface area (Å²) in [6, 6.07) is 0.106. The number of nitrogens with zero attached hydrogens (tertiary/aromatic N) is 4. The van der Waals surface area contributed by atoms with Crippen molar-refractivity contribution in [3.63, 3.8) is 0 Å². The maximum atomic E-state index is 12.4. The van der Waals surface area contributed by atoms with Crippen molar-refractivity contribution in [1.29, 1.82) is 0 Å². The van der Waals surface area contributed by atoms with Gasteiger partial charge in [-0.3, -0.25) is 4.68 Å². The number of urea groups is 1. The Hall–Kier alpha value is -1.76. The lowest BCUT2D eigenvalue weighted by Crippen LogP contribution is -2.53. The Kier molecular flexibility index (Phi) is 4.52. The van der Waals surface area contributed by atoms with E-state index in [9.17, 15) is 9.90 Å². The van der Waals surface area contributed by atoms with Gasteiger partial charge in [0.05, 0.1) is 24.5 Å². The SMILES string of the molecule is Cn1cc(N2CCCC(NC(=O)N3CCC[C@@H]3CO)C2)cn1. The molecule has 3 rings (SSSR count). The highest BCUT2D eigenvalue weighted by atomic mass is 16.3. The highest BCUT2D eigenvalue weighted by Gasteiger charge is 2.30. The van der Waals surface area contributed by atoms with Crippen LogP contribution in [-0.2, 0) is 7.05 Å². The standard InChI is InChI=1S/C15H25N5O2/c1-18-10-14(8-16-18)19-6-2-4-12(9-19)17-15(22)20-7-3-5-13(20)11-21/h8,10,12-13,21H,2-7,9,11H2,1H3,(H,17,22)/t12?,13-/m1/s1. The molecule has 7 heteroatoms. The first kappa shape index (κ1) is 15.1. The van der Waals surface area contributed by atoms with Crippen LogP contribution in [0.5, 0.6) is 0 Å². The molecule has 1 unspecified atom stereocenters. The number of aromatic nitrogens is 2.